The number of barbiturate groups is 1. The molecule has 4 rings (SSSR count). The first-order valence-corrected chi connectivity index (χ1v) is 11.6. The SMILES string of the molecule is COc1cc(/C=C2\C(=O)NC(=O)N(c3ccccc3C)C2=O)cc(Cl)c1OCC(=O)Nc1ccc(F)cc1. The van der Waals surface area contributed by atoms with Crippen molar-refractivity contribution in [1.82, 2.24) is 5.32 Å². The van der Waals surface area contributed by atoms with Gasteiger partial charge in [-0.25, -0.2) is 14.1 Å². The van der Waals surface area contributed by atoms with Crippen molar-refractivity contribution in [2.24, 2.45) is 0 Å². The van der Waals surface area contributed by atoms with Gasteiger partial charge in [-0.15, -0.1) is 0 Å². The number of carbonyl (C=O) groups excluding carboxylic acids is 4. The molecule has 11 heteroatoms. The van der Waals surface area contributed by atoms with E-state index in [0.29, 0.717) is 22.5 Å². The van der Waals surface area contributed by atoms with Crippen LogP contribution in [0.1, 0.15) is 11.1 Å². The summed E-state index contributed by atoms with van der Waals surface area (Å²) in [6.07, 6.45) is 1.27. The predicted molar refractivity (Wildman–Crippen MR) is 139 cm³/mol. The molecule has 0 unspecified atom stereocenters. The zero-order chi connectivity index (χ0) is 27.4. The number of nitrogens with zero attached hydrogens (tertiary/aromatic N) is 1. The number of imide groups is 2. The lowest BCUT2D eigenvalue weighted by Crippen LogP contribution is -2.54. The number of aryl methyl sites for hydroxylation is 1. The smallest absolute Gasteiger partial charge is 0.335 e. The molecule has 1 aliphatic heterocycles. The van der Waals surface area contributed by atoms with E-state index in [2.05, 4.69) is 10.6 Å². The van der Waals surface area contributed by atoms with Crippen LogP contribution in [0.25, 0.3) is 6.08 Å². The molecule has 5 amide bonds. The number of urea groups is 1. The highest BCUT2D eigenvalue weighted by Gasteiger charge is 2.37. The van der Waals surface area contributed by atoms with E-state index in [1.54, 1.807) is 31.2 Å². The molecule has 1 saturated heterocycles. The van der Waals surface area contributed by atoms with E-state index >= 15 is 0 Å². The molecule has 1 aliphatic rings. The van der Waals surface area contributed by atoms with Gasteiger partial charge in [-0.3, -0.25) is 19.7 Å². The minimum atomic E-state index is -0.863. The Hall–Kier alpha value is -4.70. The van der Waals surface area contributed by atoms with Crippen molar-refractivity contribution in [2.75, 3.05) is 23.9 Å². The van der Waals surface area contributed by atoms with Crippen molar-refractivity contribution in [2.45, 2.75) is 6.92 Å². The maximum Gasteiger partial charge on any atom is 0.335 e. The summed E-state index contributed by atoms with van der Waals surface area (Å²) in [6, 6.07) is 14.0. The highest BCUT2D eigenvalue weighted by Crippen LogP contribution is 2.37. The summed E-state index contributed by atoms with van der Waals surface area (Å²) < 4.78 is 23.9. The van der Waals surface area contributed by atoms with Gasteiger partial charge in [0.2, 0.25) is 0 Å². The zero-order valence-electron chi connectivity index (χ0n) is 20.2. The molecule has 2 N–H and O–H groups in total. The zero-order valence-corrected chi connectivity index (χ0v) is 21.0. The third kappa shape index (κ3) is 5.65. The number of para-hydroxylation sites is 1. The van der Waals surface area contributed by atoms with E-state index in [1.165, 1.54) is 49.6 Å². The van der Waals surface area contributed by atoms with E-state index in [9.17, 15) is 23.6 Å². The maximum absolute atomic E-state index is 13.2. The Labute approximate surface area is 221 Å². The number of methoxy groups -OCH3 is 1. The molecule has 1 heterocycles. The third-order valence-corrected chi connectivity index (χ3v) is 5.78. The number of nitrogens with one attached hydrogen (secondary N) is 2. The first-order valence-electron chi connectivity index (χ1n) is 11.2. The van der Waals surface area contributed by atoms with Crippen molar-refractivity contribution in [1.29, 1.82) is 0 Å². The molecule has 0 spiro atoms. The normalized spacial score (nSPS) is 14.4. The number of halogens is 2. The lowest BCUT2D eigenvalue weighted by molar-refractivity contribution is -0.122. The van der Waals surface area contributed by atoms with Gasteiger partial charge in [0.15, 0.2) is 18.1 Å². The molecule has 3 aromatic carbocycles. The quantitative estimate of drug-likeness (QED) is 0.339. The number of benzene rings is 3. The molecule has 194 valence electrons. The van der Waals surface area contributed by atoms with Crippen LogP contribution < -0.4 is 25.0 Å². The Morgan fingerprint density at radius 1 is 1.11 bits per heavy atom. The van der Waals surface area contributed by atoms with Gasteiger partial charge in [0.25, 0.3) is 17.7 Å². The van der Waals surface area contributed by atoms with Crippen LogP contribution in [0.2, 0.25) is 5.02 Å². The summed E-state index contributed by atoms with van der Waals surface area (Å²) in [5.74, 6) is -2.44. The van der Waals surface area contributed by atoms with Crippen molar-refractivity contribution < 1.29 is 33.0 Å². The van der Waals surface area contributed by atoms with Crippen molar-refractivity contribution >= 4 is 52.8 Å². The largest absolute Gasteiger partial charge is 0.493 e. The number of amides is 5. The van der Waals surface area contributed by atoms with Crippen molar-refractivity contribution in [3.05, 3.63) is 88.2 Å². The summed E-state index contributed by atoms with van der Waals surface area (Å²) in [4.78, 5) is 51.3. The van der Waals surface area contributed by atoms with Crippen LogP contribution in [-0.2, 0) is 14.4 Å². The number of hydrogen-bond donors (Lipinski definition) is 2. The van der Waals surface area contributed by atoms with Gasteiger partial charge in [-0.2, -0.15) is 0 Å². The van der Waals surface area contributed by atoms with Crippen LogP contribution in [0, 0.1) is 12.7 Å². The van der Waals surface area contributed by atoms with Gasteiger partial charge in [0.1, 0.15) is 11.4 Å². The molecule has 0 atom stereocenters. The Kier molecular flexibility index (Phi) is 7.73. The second kappa shape index (κ2) is 11.1. The lowest BCUT2D eigenvalue weighted by Gasteiger charge is -2.27. The highest BCUT2D eigenvalue weighted by molar-refractivity contribution is 6.39. The summed E-state index contributed by atoms with van der Waals surface area (Å²) in [7, 11) is 1.35. The van der Waals surface area contributed by atoms with Gasteiger partial charge < -0.3 is 14.8 Å². The van der Waals surface area contributed by atoms with Crippen molar-refractivity contribution in [3.63, 3.8) is 0 Å². The van der Waals surface area contributed by atoms with Gasteiger partial charge in [0.05, 0.1) is 17.8 Å². The summed E-state index contributed by atoms with van der Waals surface area (Å²) >= 11 is 6.38. The fourth-order valence-electron chi connectivity index (χ4n) is 3.69. The van der Waals surface area contributed by atoms with Crippen LogP contribution in [0.15, 0.2) is 66.2 Å². The number of carbonyl (C=O) groups is 4. The number of hydrogen-bond acceptors (Lipinski definition) is 6. The topological polar surface area (TPSA) is 114 Å². The molecule has 1 fully saturated rings. The molecule has 0 aromatic heterocycles. The molecule has 0 bridgehead atoms. The van der Waals surface area contributed by atoms with Gasteiger partial charge in [0, 0.05) is 5.69 Å². The average molecular weight is 538 g/mol. The van der Waals surface area contributed by atoms with E-state index in [0.717, 1.165) is 4.90 Å². The van der Waals surface area contributed by atoms with E-state index in [4.69, 9.17) is 21.1 Å². The number of ether oxygens (including phenoxy) is 2. The standard InChI is InChI=1S/C27H21ClFN3O6/c1-15-5-3-4-6-21(15)32-26(35)19(25(34)31-27(32)36)11-16-12-20(28)24(22(13-16)37-2)38-14-23(33)30-18-9-7-17(29)8-10-18/h3-13H,14H2,1-2H3,(H,30,33)(H,31,34,36)/b19-11+. The Balaban J connectivity index is 1.56. The number of rotatable bonds is 7. The maximum atomic E-state index is 13.2. The van der Waals surface area contributed by atoms with Crippen LogP contribution in [-0.4, -0.2) is 37.5 Å². The fourth-order valence-corrected chi connectivity index (χ4v) is 3.96. The summed E-state index contributed by atoms with van der Waals surface area (Å²) in [5.41, 5.74) is 1.41. The fraction of sp³-hybridized carbons (Fsp3) is 0.111. The monoisotopic (exact) mass is 537 g/mol. The lowest BCUT2D eigenvalue weighted by atomic mass is 10.1. The Bertz CT molecular complexity index is 1470. The summed E-state index contributed by atoms with van der Waals surface area (Å²) in [5, 5.41) is 4.77. The van der Waals surface area contributed by atoms with Crippen LogP contribution >= 0.6 is 11.6 Å². The second-order valence-corrected chi connectivity index (χ2v) is 8.53. The third-order valence-electron chi connectivity index (χ3n) is 5.50. The van der Waals surface area contributed by atoms with Crippen LogP contribution in [0.3, 0.4) is 0 Å². The minimum absolute atomic E-state index is 0.0429. The molecule has 0 aliphatic carbocycles. The number of anilines is 2. The summed E-state index contributed by atoms with van der Waals surface area (Å²) in [6.45, 7) is 1.31. The van der Waals surface area contributed by atoms with Crippen LogP contribution in [0.5, 0.6) is 11.5 Å². The Morgan fingerprint density at radius 2 is 1.82 bits per heavy atom. The molecule has 0 saturated carbocycles. The molecular formula is C27H21ClFN3O6. The van der Waals surface area contributed by atoms with Gasteiger partial charge in [-0.1, -0.05) is 29.8 Å². The molecule has 0 radical (unpaired) electrons. The highest BCUT2D eigenvalue weighted by atomic mass is 35.5. The van der Waals surface area contributed by atoms with Crippen LogP contribution in [0.4, 0.5) is 20.6 Å². The molecular weight excluding hydrogens is 517 g/mol. The van der Waals surface area contributed by atoms with E-state index < -0.39 is 36.2 Å². The van der Waals surface area contributed by atoms with Gasteiger partial charge >= 0.3 is 6.03 Å². The van der Waals surface area contributed by atoms with E-state index in [1.807, 2.05) is 0 Å². The molecule has 38 heavy (non-hydrogen) atoms. The van der Waals surface area contributed by atoms with Crippen molar-refractivity contribution in [3.8, 4) is 11.5 Å². The second-order valence-electron chi connectivity index (χ2n) is 8.12. The minimum Gasteiger partial charge on any atom is -0.493 e. The molecule has 9 nitrogen and oxygen atoms in total. The predicted octanol–water partition coefficient (Wildman–Crippen LogP) is 4.48. The average Bonchev–Trinajstić information content (AvgIpc) is 2.88. The first-order chi connectivity index (χ1) is 18.2. The first kappa shape index (κ1) is 26.4. The Morgan fingerprint density at radius 3 is 2.50 bits per heavy atom. The van der Waals surface area contributed by atoms with Gasteiger partial charge in [-0.05, 0) is 66.6 Å². The van der Waals surface area contributed by atoms with E-state index in [-0.39, 0.29) is 22.1 Å². The molecule has 3 aromatic rings.